The number of thioether (sulfide) groups is 1. The van der Waals surface area contributed by atoms with E-state index in [0.29, 0.717) is 28.1 Å². The van der Waals surface area contributed by atoms with Crippen LogP contribution in [0.4, 0.5) is 5.69 Å². The fraction of sp³-hybridized carbons (Fsp3) is 0.125. The number of methoxy groups -OCH3 is 2. The number of nitrogens with one attached hydrogen (secondary N) is 1. The summed E-state index contributed by atoms with van der Waals surface area (Å²) < 4.78 is 16.0. The summed E-state index contributed by atoms with van der Waals surface area (Å²) in [6.07, 6.45) is 0. The van der Waals surface area contributed by atoms with Crippen LogP contribution in [-0.2, 0) is 5.75 Å². The molecule has 0 aliphatic rings. The maximum absolute atomic E-state index is 12.4. The Bertz CT molecular complexity index is 1170. The first-order chi connectivity index (χ1) is 15.6. The number of amides is 1. The van der Waals surface area contributed by atoms with E-state index in [9.17, 15) is 4.79 Å². The average Bonchev–Trinajstić information content (AvgIpc) is 3.32. The van der Waals surface area contributed by atoms with Crippen molar-refractivity contribution in [2.45, 2.75) is 11.0 Å². The van der Waals surface area contributed by atoms with Crippen molar-refractivity contribution in [2.24, 2.45) is 0 Å². The highest BCUT2D eigenvalue weighted by molar-refractivity contribution is 7.98. The van der Waals surface area contributed by atoms with Gasteiger partial charge in [0.05, 0.1) is 14.2 Å². The van der Waals surface area contributed by atoms with Crippen LogP contribution in [0.2, 0.25) is 0 Å². The van der Waals surface area contributed by atoms with Crippen LogP contribution in [0.1, 0.15) is 15.9 Å². The molecule has 0 fully saturated rings. The van der Waals surface area contributed by atoms with Crippen molar-refractivity contribution >= 4 is 23.4 Å². The molecule has 3 aromatic carbocycles. The number of carbonyl (C=O) groups excluding carboxylic acids is 1. The number of aromatic nitrogens is 2. The molecule has 0 saturated heterocycles. The third-order valence-electron chi connectivity index (χ3n) is 4.67. The van der Waals surface area contributed by atoms with Gasteiger partial charge in [-0.1, -0.05) is 23.9 Å². The quantitative estimate of drug-likeness (QED) is 0.367. The van der Waals surface area contributed by atoms with Crippen molar-refractivity contribution in [3.05, 3.63) is 83.9 Å². The van der Waals surface area contributed by atoms with Crippen molar-refractivity contribution in [1.82, 2.24) is 10.2 Å². The average molecular weight is 448 g/mol. The summed E-state index contributed by atoms with van der Waals surface area (Å²) in [5.74, 6) is 2.44. The minimum absolute atomic E-state index is 0.171. The number of anilines is 1. The highest BCUT2D eigenvalue weighted by Crippen LogP contribution is 2.27. The first kappa shape index (κ1) is 21.5. The lowest BCUT2D eigenvalue weighted by atomic mass is 10.1. The number of hydrogen-bond donors (Lipinski definition) is 1. The highest BCUT2D eigenvalue weighted by Gasteiger charge is 2.11. The van der Waals surface area contributed by atoms with E-state index in [1.165, 1.54) is 11.8 Å². The molecule has 0 atom stereocenters. The SMILES string of the molecule is COc1ccc(NC(=O)c2ccc(CSc3nnc(-c4ccc(OC)cc4)o3)cc2)cc1. The van der Waals surface area contributed by atoms with E-state index in [1.54, 1.807) is 50.6 Å². The predicted octanol–water partition coefficient (Wildman–Crippen LogP) is 5.30. The van der Waals surface area contributed by atoms with Gasteiger partial charge in [-0.05, 0) is 66.2 Å². The van der Waals surface area contributed by atoms with Crippen molar-refractivity contribution in [2.75, 3.05) is 19.5 Å². The molecule has 1 aromatic heterocycles. The Hall–Kier alpha value is -3.78. The molecule has 4 rings (SSSR count). The number of hydrogen-bond acceptors (Lipinski definition) is 7. The van der Waals surface area contributed by atoms with Crippen molar-refractivity contribution in [3.8, 4) is 23.0 Å². The van der Waals surface area contributed by atoms with Gasteiger partial charge in [0, 0.05) is 22.6 Å². The largest absolute Gasteiger partial charge is 0.497 e. The first-order valence-corrected chi connectivity index (χ1v) is 10.8. The smallest absolute Gasteiger partial charge is 0.277 e. The van der Waals surface area contributed by atoms with Gasteiger partial charge in [-0.25, -0.2) is 0 Å². The molecule has 1 heterocycles. The molecule has 0 bridgehead atoms. The van der Waals surface area contributed by atoms with Crippen LogP contribution in [0, 0.1) is 0 Å². The normalized spacial score (nSPS) is 10.6. The Morgan fingerprint density at radius 3 is 2.12 bits per heavy atom. The molecule has 0 unspecified atom stereocenters. The highest BCUT2D eigenvalue weighted by atomic mass is 32.2. The molecule has 0 aliphatic carbocycles. The minimum Gasteiger partial charge on any atom is -0.497 e. The molecule has 1 amide bonds. The Kier molecular flexibility index (Phi) is 6.72. The Labute approximate surface area is 189 Å². The minimum atomic E-state index is -0.171. The summed E-state index contributed by atoms with van der Waals surface area (Å²) in [6, 6.07) is 22.0. The second kappa shape index (κ2) is 10.0. The number of benzene rings is 3. The van der Waals surface area contributed by atoms with E-state index in [-0.39, 0.29) is 5.91 Å². The zero-order valence-corrected chi connectivity index (χ0v) is 18.4. The third-order valence-corrected chi connectivity index (χ3v) is 5.56. The molecule has 0 spiro atoms. The maximum Gasteiger partial charge on any atom is 0.277 e. The molecule has 0 saturated carbocycles. The second-order valence-electron chi connectivity index (χ2n) is 6.77. The predicted molar refractivity (Wildman–Crippen MR) is 123 cm³/mol. The zero-order chi connectivity index (χ0) is 22.3. The van der Waals surface area contributed by atoms with Crippen LogP contribution in [-0.4, -0.2) is 30.3 Å². The Morgan fingerprint density at radius 2 is 1.50 bits per heavy atom. The van der Waals surface area contributed by atoms with Crippen LogP contribution >= 0.6 is 11.8 Å². The van der Waals surface area contributed by atoms with Gasteiger partial charge in [-0.15, -0.1) is 10.2 Å². The lowest BCUT2D eigenvalue weighted by molar-refractivity contribution is 0.102. The summed E-state index contributed by atoms with van der Waals surface area (Å²) >= 11 is 1.44. The fourth-order valence-electron chi connectivity index (χ4n) is 2.89. The monoisotopic (exact) mass is 447 g/mol. The van der Waals surface area contributed by atoms with Gasteiger partial charge in [-0.2, -0.15) is 0 Å². The van der Waals surface area contributed by atoms with Crippen molar-refractivity contribution in [3.63, 3.8) is 0 Å². The van der Waals surface area contributed by atoms with Crippen molar-refractivity contribution < 1.29 is 18.7 Å². The van der Waals surface area contributed by atoms with E-state index in [0.717, 1.165) is 22.6 Å². The maximum atomic E-state index is 12.4. The summed E-state index contributed by atoms with van der Waals surface area (Å²) in [5, 5.41) is 11.6. The number of carbonyl (C=O) groups is 1. The van der Waals surface area contributed by atoms with Gasteiger partial charge in [-0.3, -0.25) is 4.79 Å². The summed E-state index contributed by atoms with van der Waals surface area (Å²) in [5.41, 5.74) is 3.16. The lowest BCUT2D eigenvalue weighted by Crippen LogP contribution is -2.11. The molecular weight excluding hydrogens is 426 g/mol. The molecule has 8 heteroatoms. The standard InChI is InChI=1S/C24H21N3O4S/c1-29-20-11-7-18(8-12-20)23-26-27-24(31-23)32-15-16-3-5-17(6-4-16)22(28)25-19-9-13-21(30-2)14-10-19/h3-14H,15H2,1-2H3,(H,25,28). The second-order valence-corrected chi connectivity index (χ2v) is 7.70. The van der Waals surface area contributed by atoms with E-state index in [1.807, 2.05) is 36.4 Å². The van der Waals surface area contributed by atoms with Crippen LogP contribution in [0.15, 0.2) is 82.4 Å². The third kappa shape index (κ3) is 5.28. The van der Waals surface area contributed by atoms with Crippen molar-refractivity contribution in [1.29, 1.82) is 0 Å². The molecule has 0 radical (unpaired) electrons. The van der Waals surface area contributed by atoms with Crippen LogP contribution in [0.3, 0.4) is 0 Å². The number of nitrogens with zero attached hydrogens (tertiary/aromatic N) is 2. The van der Waals surface area contributed by atoms with Gasteiger partial charge in [0.1, 0.15) is 11.5 Å². The molecule has 32 heavy (non-hydrogen) atoms. The van der Waals surface area contributed by atoms with E-state index >= 15 is 0 Å². The van der Waals surface area contributed by atoms with Gasteiger partial charge in [0.15, 0.2) is 0 Å². The molecule has 7 nitrogen and oxygen atoms in total. The van der Waals surface area contributed by atoms with E-state index < -0.39 is 0 Å². The van der Waals surface area contributed by atoms with Gasteiger partial charge in [0.25, 0.3) is 11.1 Å². The van der Waals surface area contributed by atoms with Crippen LogP contribution in [0.25, 0.3) is 11.5 Å². The molecular formula is C24H21N3O4S. The summed E-state index contributed by atoms with van der Waals surface area (Å²) in [4.78, 5) is 12.4. The van der Waals surface area contributed by atoms with E-state index in [2.05, 4.69) is 15.5 Å². The lowest BCUT2D eigenvalue weighted by Gasteiger charge is -2.07. The van der Waals surface area contributed by atoms with Crippen LogP contribution < -0.4 is 14.8 Å². The first-order valence-electron chi connectivity index (χ1n) is 9.79. The van der Waals surface area contributed by atoms with Crippen LogP contribution in [0.5, 0.6) is 11.5 Å². The summed E-state index contributed by atoms with van der Waals surface area (Å²) in [6.45, 7) is 0. The van der Waals surface area contributed by atoms with Gasteiger partial charge < -0.3 is 19.2 Å². The van der Waals surface area contributed by atoms with E-state index in [4.69, 9.17) is 13.9 Å². The summed E-state index contributed by atoms with van der Waals surface area (Å²) in [7, 11) is 3.22. The topological polar surface area (TPSA) is 86.5 Å². The fourth-order valence-corrected chi connectivity index (χ4v) is 3.61. The number of ether oxygens (including phenoxy) is 2. The zero-order valence-electron chi connectivity index (χ0n) is 17.6. The number of rotatable bonds is 8. The molecule has 4 aromatic rings. The molecule has 162 valence electrons. The van der Waals surface area contributed by atoms with Gasteiger partial charge in [0.2, 0.25) is 5.89 Å². The molecule has 0 aliphatic heterocycles. The Balaban J connectivity index is 1.32. The molecule has 1 N–H and O–H groups in total. The Morgan fingerprint density at radius 1 is 0.875 bits per heavy atom. The van der Waals surface area contributed by atoms with Gasteiger partial charge >= 0.3 is 0 Å².